The first-order chi connectivity index (χ1) is 8.79. The second kappa shape index (κ2) is 4.46. The van der Waals surface area contributed by atoms with Gasteiger partial charge in [0.15, 0.2) is 0 Å². The van der Waals surface area contributed by atoms with E-state index >= 15 is 0 Å². The van der Waals surface area contributed by atoms with Crippen LogP contribution in [0.25, 0.3) is 0 Å². The molecule has 0 heterocycles. The maximum atomic E-state index is 6.43. The van der Waals surface area contributed by atoms with Gasteiger partial charge < -0.3 is 10.5 Å². The Morgan fingerprint density at radius 3 is 2.50 bits per heavy atom. The van der Waals surface area contributed by atoms with Crippen molar-refractivity contribution in [1.82, 2.24) is 0 Å². The zero-order valence-electron chi connectivity index (χ0n) is 10.5. The number of benzene rings is 2. The molecule has 0 aliphatic heterocycles. The Morgan fingerprint density at radius 1 is 1.00 bits per heavy atom. The summed E-state index contributed by atoms with van der Waals surface area (Å²) in [6.07, 6.45) is 2.10. The van der Waals surface area contributed by atoms with Crippen molar-refractivity contribution < 1.29 is 4.74 Å². The van der Waals surface area contributed by atoms with E-state index in [0.29, 0.717) is 0 Å². The van der Waals surface area contributed by atoms with Crippen LogP contribution >= 0.6 is 0 Å². The Hall–Kier alpha value is -1.80. The average Bonchev–Trinajstić information content (AvgIpc) is 2.57. The molecule has 2 nitrogen and oxygen atoms in total. The van der Waals surface area contributed by atoms with Crippen LogP contribution in [-0.2, 0) is 12.8 Å². The fourth-order valence-corrected chi connectivity index (χ4v) is 2.72. The first-order valence-corrected chi connectivity index (χ1v) is 6.30. The van der Waals surface area contributed by atoms with Gasteiger partial charge in [-0.15, -0.1) is 0 Å². The molecule has 18 heavy (non-hydrogen) atoms. The molecule has 92 valence electrons. The number of rotatable bonds is 1. The van der Waals surface area contributed by atoms with Crippen LogP contribution in [0.1, 0.15) is 28.3 Å². The highest BCUT2D eigenvalue weighted by Crippen LogP contribution is 2.32. The van der Waals surface area contributed by atoms with Crippen LogP contribution in [0.15, 0.2) is 42.5 Å². The van der Waals surface area contributed by atoms with Gasteiger partial charge >= 0.3 is 0 Å². The zero-order chi connectivity index (χ0) is 12.5. The van der Waals surface area contributed by atoms with Gasteiger partial charge in [0, 0.05) is 0 Å². The van der Waals surface area contributed by atoms with Crippen molar-refractivity contribution in [1.29, 1.82) is 0 Å². The molecule has 0 unspecified atom stereocenters. The highest BCUT2D eigenvalue weighted by Gasteiger charge is 2.20. The first kappa shape index (κ1) is 11.3. The van der Waals surface area contributed by atoms with Crippen LogP contribution < -0.4 is 10.5 Å². The molecule has 1 aliphatic carbocycles. The van der Waals surface area contributed by atoms with Gasteiger partial charge in [0.2, 0.25) is 0 Å². The topological polar surface area (TPSA) is 35.2 Å². The molecule has 0 saturated carbocycles. The Morgan fingerprint density at radius 2 is 1.72 bits per heavy atom. The van der Waals surface area contributed by atoms with Crippen molar-refractivity contribution in [2.24, 2.45) is 5.73 Å². The molecule has 3 rings (SSSR count). The van der Waals surface area contributed by atoms with Gasteiger partial charge in [0.1, 0.15) is 5.75 Å². The van der Waals surface area contributed by atoms with Gasteiger partial charge in [0.25, 0.3) is 0 Å². The minimum Gasteiger partial charge on any atom is -0.497 e. The Kier molecular flexibility index (Phi) is 2.80. The third-order valence-electron chi connectivity index (χ3n) is 3.74. The normalized spacial score (nSPS) is 17.6. The lowest BCUT2D eigenvalue weighted by Gasteiger charge is -2.16. The molecule has 0 bridgehead atoms. The van der Waals surface area contributed by atoms with Crippen molar-refractivity contribution in [3.05, 3.63) is 64.7 Å². The van der Waals surface area contributed by atoms with Crippen LogP contribution in [0.4, 0.5) is 0 Å². The quantitative estimate of drug-likeness (QED) is 0.830. The lowest BCUT2D eigenvalue weighted by molar-refractivity contribution is 0.414. The van der Waals surface area contributed by atoms with E-state index in [0.717, 1.165) is 18.6 Å². The van der Waals surface area contributed by atoms with E-state index in [9.17, 15) is 0 Å². The molecule has 2 aromatic rings. The predicted molar refractivity (Wildman–Crippen MR) is 72.9 cm³/mol. The largest absolute Gasteiger partial charge is 0.497 e. The Balaban J connectivity index is 2.14. The summed E-state index contributed by atoms with van der Waals surface area (Å²) in [5, 5.41) is 0. The monoisotopic (exact) mass is 239 g/mol. The highest BCUT2D eigenvalue weighted by atomic mass is 16.5. The fourth-order valence-electron chi connectivity index (χ4n) is 2.72. The predicted octanol–water partition coefficient (Wildman–Crippen LogP) is 2.84. The second-order valence-electron chi connectivity index (χ2n) is 4.74. The summed E-state index contributed by atoms with van der Waals surface area (Å²) >= 11 is 0. The number of aryl methyl sites for hydroxylation is 2. The van der Waals surface area contributed by atoms with E-state index in [1.165, 1.54) is 22.3 Å². The lowest BCUT2D eigenvalue weighted by atomic mass is 9.95. The summed E-state index contributed by atoms with van der Waals surface area (Å²) in [6, 6.07) is 14.6. The molecule has 0 spiro atoms. The highest BCUT2D eigenvalue weighted by molar-refractivity contribution is 5.46. The molecule has 1 aliphatic rings. The maximum absolute atomic E-state index is 6.43. The van der Waals surface area contributed by atoms with Gasteiger partial charge in [-0.25, -0.2) is 0 Å². The van der Waals surface area contributed by atoms with E-state index in [1.54, 1.807) is 7.11 Å². The number of fused-ring (bicyclic) bond motifs is 2. The molecule has 0 aromatic heterocycles. The summed E-state index contributed by atoms with van der Waals surface area (Å²) < 4.78 is 5.30. The summed E-state index contributed by atoms with van der Waals surface area (Å²) in [6.45, 7) is 0. The number of nitrogens with two attached hydrogens (primary N) is 1. The summed E-state index contributed by atoms with van der Waals surface area (Å²) in [7, 11) is 1.69. The number of hydrogen-bond acceptors (Lipinski definition) is 2. The van der Waals surface area contributed by atoms with Crippen molar-refractivity contribution in [2.45, 2.75) is 18.9 Å². The Bertz CT molecular complexity index is 577. The average molecular weight is 239 g/mol. The summed E-state index contributed by atoms with van der Waals surface area (Å²) in [5.41, 5.74) is 11.6. The van der Waals surface area contributed by atoms with E-state index in [1.807, 2.05) is 6.07 Å². The van der Waals surface area contributed by atoms with E-state index in [-0.39, 0.29) is 6.04 Å². The van der Waals surface area contributed by atoms with E-state index < -0.39 is 0 Å². The van der Waals surface area contributed by atoms with Gasteiger partial charge in [-0.3, -0.25) is 0 Å². The lowest BCUT2D eigenvalue weighted by Crippen LogP contribution is -2.13. The van der Waals surface area contributed by atoms with Crippen molar-refractivity contribution >= 4 is 0 Å². The van der Waals surface area contributed by atoms with Crippen LogP contribution in [0.3, 0.4) is 0 Å². The smallest absolute Gasteiger partial charge is 0.119 e. The molecular formula is C16H17NO. The van der Waals surface area contributed by atoms with Crippen LogP contribution in [0, 0.1) is 0 Å². The van der Waals surface area contributed by atoms with Crippen molar-refractivity contribution in [3.63, 3.8) is 0 Å². The molecule has 0 saturated heterocycles. The number of ether oxygens (including phenoxy) is 1. The van der Waals surface area contributed by atoms with E-state index in [4.69, 9.17) is 10.5 Å². The second-order valence-corrected chi connectivity index (χ2v) is 4.74. The third-order valence-corrected chi connectivity index (χ3v) is 3.74. The molecular weight excluding hydrogens is 222 g/mol. The minimum absolute atomic E-state index is 0.0474. The molecule has 2 heteroatoms. The van der Waals surface area contributed by atoms with Gasteiger partial charge in [-0.1, -0.05) is 30.3 Å². The van der Waals surface area contributed by atoms with Crippen LogP contribution in [-0.4, -0.2) is 7.11 Å². The zero-order valence-corrected chi connectivity index (χ0v) is 10.5. The first-order valence-electron chi connectivity index (χ1n) is 6.30. The molecule has 2 N–H and O–H groups in total. The molecule has 0 fully saturated rings. The van der Waals surface area contributed by atoms with Crippen LogP contribution in [0.2, 0.25) is 0 Å². The molecule has 2 aromatic carbocycles. The fraction of sp³-hybridized carbons (Fsp3) is 0.250. The number of hydrogen-bond donors (Lipinski definition) is 1. The van der Waals surface area contributed by atoms with Gasteiger partial charge in [0.05, 0.1) is 13.2 Å². The molecule has 1 atom stereocenters. The maximum Gasteiger partial charge on any atom is 0.119 e. The van der Waals surface area contributed by atoms with Crippen molar-refractivity contribution in [2.75, 3.05) is 7.11 Å². The third kappa shape index (κ3) is 1.79. The standard InChI is InChI=1S/C16H17NO/c1-18-13-9-8-12-7-6-11-4-2-3-5-14(11)16(17)15(12)10-13/h2-5,8-10,16H,6-7,17H2,1H3/t16-/m0/s1. The van der Waals surface area contributed by atoms with Gasteiger partial charge in [-0.05, 0) is 47.2 Å². The minimum atomic E-state index is -0.0474. The SMILES string of the molecule is COc1ccc2c(c1)[C@@H](N)c1ccccc1CC2. The van der Waals surface area contributed by atoms with Crippen molar-refractivity contribution in [3.8, 4) is 5.75 Å². The Labute approximate surface area is 107 Å². The van der Waals surface area contributed by atoms with Gasteiger partial charge in [-0.2, -0.15) is 0 Å². The molecule has 0 radical (unpaired) electrons. The van der Waals surface area contributed by atoms with E-state index in [2.05, 4.69) is 36.4 Å². The molecule has 0 amide bonds. The van der Waals surface area contributed by atoms with Crippen LogP contribution in [0.5, 0.6) is 5.75 Å². The summed E-state index contributed by atoms with van der Waals surface area (Å²) in [4.78, 5) is 0. The number of methoxy groups -OCH3 is 1. The summed E-state index contributed by atoms with van der Waals surface area (Å²) in [5.74, 6) is 0.878.